The molecule has 3 rings (SSSR count). The summed E-state index contributed by atoms with van der Waals surface area (Å²) in [5, 5.41) is 2.71. The Morgan fingerprint density at radius 3 is 2.50 bits per heavy atom. The van der Waals surface area contributed by atoms with Crippen molar-refractivity contribution in [1.82, 2.24) is 0 Å². The highest BCUT2D eigenvalue weighted by atomic mass is 19.3. The van der Waals surface area contributed by atoms with Crippen LogP contribution in [0.4, 0.5) is 14.5 Å². The van der Waals surface area contributed by atoms with E-state index in [0.717, 1.165) is 0 Å². The summed E-state index contributed by atoms with van der Waals surface area (Å²) in [5.41, 5.74) is 0.725. The molecular formula is C18H17F2NO5. The molecule has 0 aliphatic carbocycles. The number of amides is 1. The molecule has 1 aliphatic heterocycles. The average Bonchev–Trinajstić information content (AvgIpc) is 2.87. The third-order valence-electron chi connectivity index (χ3n) is 3.55. The Morgan fingerprint density at radius 2 is 1.81 bits per heavy atom. The molecule has 0 aromatic heterocycles. The molecule has 8 heteroatoms. The zero-order valence-electron chi connectivity index (χ0n) is 14.3. The summed E-state index contributed by atoms with van der Waals surface area (Å²) >= 11 is 0. The van der Waals surface area contributed by atoms with Gasteiger partial charge in [-0.05, 0) is 30.3 Å². The van der Waals surface area contributed by atoms with Crippen molar-refractivity contribution in [3.05, 3.63) is 42.0 Å². The smallest absolute Gasteiger partial charge is 0.387 e. The van der Waals surface area contributed by atoms with Gasteiger partial charge in [-0.3, -0.25) is 4.79 Å². The second-order valence-corrected chi connectivity index (χ2v) is 5.96. The SMILES string of the molecule is COc1cc(C(=O)Nc2ccc3c(c2)OC(C)(C)O3)ccc1OC(F)F. The lowest BCUT2D eigenvalue weighted by Crippen LogP contribution is -2.29. The van der Waals surface area contributed by atoms with Crippen LogP contribution in [-0.2, 0) is 0 Å². The average molecular weight is 365 g/mol. The molecule has 0 atom stereocenters. The van der Waals surface area contributed by atoms with Crippen molar-refractivity contribution in [2.75, 3.05) is 12.4 Å². The number of rotatable bonds is 5. The number of fused-ring (bicyclic) bond motifs is 1. The van der Waals surface area contributed by atoms with Crippen LogP contribution in [0.5, 0.6) is 23.0 Å². The van der Waals surface area contributed by atoms with Crippen LogP contribution in [0.2, 0.25) is 0 Å². The van der Waals surface area contributed by atoms with Gasteiger partial charge in [0.2, 0.25) is 5.79 Å². The largest absolute Gasteiger partial charge is 0.493 e. The molecule has 1 heterocycles. The molecule has 1 N–H and O–H groups in total. The maximum Gasteiger partial charge on any atom is 0.387 e. The number of carbonyl (C=O) groups is 1. The van der Waals surface area contributed by atoms with Crippen molar-refractivity contribution >= 4 is 11.6 Å². The van der Waals surface area contributed by atoms with E-state index in [0.29, 0.717) is 17.2 Å². The Labute approximate surface area is 148 Å². The Balaban J connectivity index is 1.77. The molecule has 0 unspecified atom stereocenters. The molecule has 0 spiro atoms. The minimum absolute atomic E-state index is 0.0328. The van der Waals surface area contributed by atoms with Gasteiger partial charge in [0.05, 0.1) is 7.11 Å². The van der Waals surface area contributed by atoms with E-state index in [2.05, 4.69) is 10.1 Å². The first-order valence-corrected chi connectivity index (χ1v) is 7.74. The molecule has 138 valence electrons. The van der Waals surface area contributed by atoms with Gasteiger partial charge >= 0.3 is 6.61 Å². The highest BCUT2D eigenvalue weighted by Gasteiger charge is 2.31. The van der Waals surface area contributed by atoms with Crippen molar-refractivity contribution in [3.8, 4) is 23.0 Å². The molecule has 0 bridgehead atoms. The maximum absolute atomic E-state index is 12.4. The molecular weight excluding hydrogens is 348 g/mol. The third-order valence-corrected chi connectivity index (χ3v) is 3.55. The van der Waals surface area contributed by atoms with Crippen LogP contribution in [-0.4, -0.2) is 25.4 Å². The molecule has 0 saturated heterocycles. The van der Waals surface area contributed by atoms with E-state index in [1.807, 2.05) is 0 Å². The second-order valence-electron chi connectivity index (χ2n) is 5.96. The Bertz CT molecular complexity index is 838. The highest BCUT2D eigenvalue weighted by molar-refractivity contribution is 6.04. The van der Waals surface area contributed by atoms with E-state index in [9.17, 15) is 13.6 Å². The van der Waals surface area contributed by atoms with Crippen LogP contribution in [0.25, 0.3) is 0 Å². The van der Waals surface area contributed by atoms with Crippen LogP contribution >= 0.6 is 0 Å². The fraction of sp³-hybridized carbons (Fsp3) is 0.278. The van der Waals surface area contributed by atoms with E-state index in [4.69, 9.17) is 14.2 Å². The van der Waals surface area contributed by atoms with E-state index < -0.39 is 18.3 Å². The molecule has 2 aromatic rings. The van der Waals surface area contributed by atoms with E-state index in [1.54, 1.807) is 32.0 Å². The number of methoxy groups -OCH3 is 1. The number of carbonyl (C=O) groups excluding carboxylic acids is 1. The second kappa shape index (κ2) is 6.70. The summed E-state index contributed by atoms with van der Waals surface area (Å²) in [4.78, 5) is 12.4. The number of nitrogens with one attached hydrogen (secondary N) is 1. The number of anilines is 1. The third kappa shape index (κ3) is 3.79. The number of hydrogen-bond donors (Lipinski definition) is 1. The van der Waals surface area contributed by atoms with Crippen molar-refractivity contribution < 1.29 is 32.5 Å². The quantitative estimate of drug-likeness (QED) is 0.866. The van der Waals surface area contributed by atoms with Gasteiger partial charge in [-0.25, -0.2) is 0 Å². The number of hydrogen-bond acceptors (Lipinski definition) is 5. The van der Waals surface area contributed by atoms with Crippen molar-refractivity contribution in [2.45, 2.75) is 26.2 Å². The number of ether oxygens (including phenoxy) is 4. The molecule has 6 nitrogen and oxygen atoms in total. The first-order valence-electron chi connectivity index (χ1n) is 7.74. The van der Waals surface area contributed by atoms with E-state index >= 15 is 0 Å². The van der Waals surface area contributed by atoms with Gasteiger partial charge in [-0.2, -0.15) is 8.78 Å². The maximum atomic E-state index is 12.4. The van der Waals surface area contributed by atoms with Gasteiger partial charge in [0.25, 0.3) is 5.91 Å². The predicted octanol–water partition coefficient (Wildman–Crippen LogP) is 4.06. The highest BCUT2D eigenvalue weighted by Crippen LogP contribution is 2.40. The van der Waals surface area contributed by atoms with Gasteiger partial charge in [0.15, 0.2) is 23.0 Å². The van der Waals surface area contributed by atoms with Crippen LogP contribution in [0.3, 0.4) is 0 Å². The van der Waals surface area contributed by atoms with Crippen LogP contribution in [0.1, 0.15) is 24.2 Å². The van der Waals surface area contributed by atoms with Crippen LogP contribution in [0.15, 0.2) is 36.4 Å². The van der Waals surface area contributed by atoms with Gasteiger partial charge in [0.1, 0.15) is 0 Å². The Hall–Kier alpha value is -3.03. The van der Waals surface area contributed by atoms with Gasteiger partial charge in [-0.1, -0.05) is 0 Å². The first-order chi connectivity index (χ1) is 12.3. The number of benzene rings is 2. The molecule has 0 fully saturated rings. The molecule has 0 saturated carbocycles. The lowest BCUT2D eigenvalue weighted by atomic mass is 10.1. The van der Waals surface area contributed by atoms with Gasteiger partial charge < -0.3 is 24.3 Å². The van der Waals surface area contributed by atoms with Crippen molar-refractivity contribution in [2.24, 2.45) is 0 Å². The first kappa shape index (κ1) is 17.8. The lowest BCUT2D eigenvalue weighted by molar-refractivity contribution is -0.0512. The van der Waals surface area contributed by atoms with Crippen LogP contribution in [0, 0.1) is 0 Å². The topological polar surface area (TPSA) is 66.0 Å². The van der Waals surface area contributed by atoms with Crippen molar-refractivity contribution in [1.29, 1.82) is 0 Å². The van der Waals surface area contributed by atoms with Crippen LogP contribution < -0.4 is 24.3 Å². The van der Waals surface area contributed by atoms with Gasteiger partial charge in [0, 0.05) is 31.2 Å². The molecule has 2 aromatic carbocycles. The summed E-state index contributed by atoms with van der Waals surface area (Å²) in [5.74, 6) is -0.215. The minimum atomic E-state index is -2.98. The monoisotopic (exact) mass is 365 g/mol. The fourth-order valence-corrected chi connectivity index (χ4v) is 2.51. The summed E-state index contributed by atoms with van der Waals surface area (Å²) < 4.78 is 45.3. The zero-order chi connectivity index (χ0) is 18.9. The number of halogens is 2. The number of alkyl halides is 2. The van der Waals surface area contributed by atoms with E-state index in [-0.39, 0.29) is 17.1 Å². The summed E-state index contributed by atoms with van der Waals surface area (Å²) in [6.07, 6.45) is 0. The summed E-state index contributed by atoms with van der Waals surface area (Å²) in [6.45, 7) is 0.572. The standard InChI is InChI=1S/C18H17F2NO5/c1-18(2)25-13-7-5-11(9-15(13)26-18)21-16(22)10-4-6-12(24-17(19)20)14(8-10)23-3/h4-9,17H,1-3H3,(H,21,22). The fourth-order valence-electron chi connectivity index (χ4n) is 2.51. The zero-order valence-corrected chi connectivity index (χ0v) is 14.3. The summed E-state index contributed by atoms with van der Waals surface area (Å²) in [7, 11) is 1.30. The van der Waals surface area contributed by atoms with Crippen molar-refractivity contribution in [3.63, 3.8) is 0 Å². The molecule has 1 amide bonds. The Morgan fingerprint density at radius 1 is 1.08 bits per heavy atom. The normalized spacial score (nSPS) is 14.2. The Kier molecular flexibility index (Phi) is 4.58. The van der Waals surface area contributed by atoms with Gasteiger partial charge in [-0.15, -0.1) is 0 Å². The predicted molar refractivity (Wildman–Crippen MR) is 89.4 cm³/mol. The van der Waals surface area contributed by atoms with E-state index in [1.165, 1.54) is 25.3 Å². The molecule has 1 aliphatic rings. The minimum Gasteiger partial charge on any atom is -0.493 e. The molecule has 0 radical (unpaired) electrons. The molecule has 26 heavy (non-hydrogen) atoms. The summed E-state index contributed by atoms with van der Waals surface area (Å²) in [6, 6.07) is 8.96. The lowest BCUT2D eigenvalue weighted by Gasteiger charge is -2.16.